The molecule has 0 bridgehead atoms. The van der Waals surface area contributed by atoms with E-state index in [9.17, 15) is 4.79 Å². The Morgan fingerprint density at radius 3 is 2.61 bits per heavy atom. The Labute approximate surface area is 194 Å². The summed E-state index contributed by atoms with van der Waals surface area (Å²) in [6.45, 7) is 5.26. The highest BCUT2D eigenvalue weighted by molar-refractivity contribution is 6.02. The molecule has 2 aliphatic rings. The molecule has 0 atom stereocenters. The minimum Gasteiger partial charge on any atom is -0.496 e. The zero-order valence-electron chi connectivity index (χ0n) is 19.0. The summed E-state index contributed by atoms with van der Waals surface area (Å²) in [5.74, 6) is 1.28. The number of hydrogen-bond donors (Lipinski definition) is 1. The second-order valence-electron chi connectivity index (χ2n) is 8.78. The van der Waals surface area contributed by atoms with Crippen molar-refractivity contribution < 1.29 is 13.9 Å². The molecule has 0 saturated carbocycles. The number of piperazine rings is 1. The molecule has 7 nitrogen and oxygen atoms in total. The number of amides is 1. The summed E-state index contributed by atoms with van der Waals surface area (Å²) in [5.41, 5.74) is 5.06. The third-order valence-corrected chi connectivity index (χ3v) is 6.55. The van der Waals surface area contributed by atoms with E-state index in [4.69, 9.17) is 9.15 Å². The first-order chi connectivity index (χ1) is 16.2. The second kappa shape index (κ2) is 9.77. The van der Waals surface area contributed by atoms with Crippen molar-refractivity contribution >= 4 is 11.6 Å². The van der Waals surface area contributed by atoms with Gasteiger partial charge in [-0.25, -0.2) is 4.98 Å². The van der Waals surface area contributed by atoms with E-state index >= 15 is 0 Å². The van der Waals surface area contributed by atoms with Crippen LogP contribution in [0.4, 0.5) is 5.69 Å². The van der Waals surface area contributed by atoms with Crippen molar-refractivity contribution in [2.45, 2.75) is 32.4 Å². The highest BCUT2D eigenvalue weighted by Gasteiger charge is 2.21. The first kappa shape index (κ1) is 21.7. The van der Waals surface area contributed by atoms with E-state index in [1.165, 1.54) is 29.4 Å². The molecule has 3 aromatic rings. The number of hydrogen-bond acceptors (Lipinski definition) is 6. The molecular formula is C26H30N4O3. The molecule has 1 amide bonds. The Hall–Kier alpha value is -3.16. The van der Waals surface area contributed by atoms with E-state index in [1.54, 1.807) is 7.11 Å². The second-order valence-corrected chi connectivity index (χ2v) is 8.78. The van der Waals surface area contributed by atoms with E-state index in [2.05, 4.69) is 44.4 Å². The zero-order chi connectivity index (χ0) is 22.6. The molecule has 0 radical (unpaired) electrons. The number of fused-ring (bicyclic) bond motifs is 1. The Morgan fingerprint density at radius 1 is 1.03 bits per heavy atom. The van der Waals surface area contributed by atoms with Crippen LogP contribution in [0.5, 0.6) is 5.75 Å². The molecule has 0 spiro atoms. The normalized spacial score (nSPS) is 16.5. The van der Waals surface area contributed by atoms with Crippen molar-refractivity contribution in [1.29, 1.82) is 0 Å². The molecule has 1 fully saturated rings. The van der Waals surface area contributed by atoms with Crippen molar-refractivity contribution in [1.82, 2.24) is 14.8 Å². The highest BCUT2D eigenvalue weighted by atomic mass is 16.5. The van der Waals surface area contributed by atoms with Gasteiger partial charge in [0.15, 0.2) is 5.69 Å². The van der Waals surface area contributed by atoms with Crippen LogP contribution in [0, 0.1) is 0 Å². The first-order valence-corrected chi connectivity index (χ1v) is 11.6. The number of aryl methyl sites for hydroxylation is 2. The van der Waals surface area contributed by atoms with Crippen LogP contribution in [0.25, 0.3) is 0 Å². The highest BCUT2D eigenvalue weighted by Crippen LogP contribution is 2.25. The number of rotatable bonds is 7. The van der Waals surface area contributed by atoms with Gasteiger partial charge in [0.1, 0.15) is 12.0 Å². The fourth-order valence-corrected chi connectivity index (χ4v) is 4.70. The van der Waals surface area contributed by atoms with Crippen molar-refractivity contribution in [3.05, 3.63) is 77.0 Å². The number of carbonyl (C=O) groups excluding carboxylic acids is 1. The average molecular weight is 447 g/mol. The van der Waals surface area contributed by atoms with Crippen LogP contribution in [0.2, 0.25) is 0 Å². The van der Waals surface area contributed by atoms with Gasteiger partial charge >= 0.3 is 0 Å². The van der Waals surface area contributed by atoms with Crippen LogP contribution in [-0.4, -0.2) is 54.0 Å². The maximum Gasteiger partial charge on any atom is 0.277 e. The van der Waals surface area contributed by atoms with Crippen LogP contribution in [0.1, 0.15) is 39.5 Å². The number of methoxy groups -OCH3 is 1. The quantitative estimate of drug-likeness (QED) is 0.596. The fourth-order valence-electron chi connectivity index (χ4n) is 4.70. The zero-order valence-corrected chi connectivity index (χ0v) is 19.0. The van der Waals surface area contributed by atoms with Crippen molar-refractivity contribution in [2.75, 3.05) is 38.6 Å². The summed E-state index contributed by atoms with van der Waals surface area (Å²) in [5, 5.41) is 2.95. The maximum atomic E-state index is 12.6. The van der Waals surface area contributed by atoms with Crippen molar-refractivity contribution in [3.63, 3.8) is 0 Å². The molecule has 1 aliphatic heterocycles. The number of anilines is 1. The summed E-state index contributed by atoms with van der Waals surface area (Å²) >= 11 is 0. The predicted octanol–water partition coefficient (Wildman–Crippen LogP) is 3.74. The van der Waals surface area contributed by atoms with Crippen LogP contribution in [0.3, 0.4) is 0 Å². The monoisotopic (exact) mass is 446 g/mol. The molecule has 7 heteroatoms. The molecule has 1 saturated heterocycles. The predicted molar refractivity (Wildman–Crippen MR) is 126 cm³/mol. The molecule has 33 heavy (non-hydrogen) atoms. The number of benzene rings is 2. The lowest BCUT2D eigenvalue weighted by atomic mass is 10.1. The lowest BCUT2D eigenvalue weighted by Crippen LogP contribution is -2.45. The molecule has 1 aromatic heterocycles. The van der Waals surface area contributed by atoms with Crippen molar-refractivity contribution in [3.8, 4) is 5.75 Å². The first-order valence-electron chi connectivity index (χ1n) is 11.6. The summed E-state index contributed by atoms with van der Waals surface area (Å²) in [6.07, 6.45) is 4.86. The van der Waals surface area contributed by atoms with E-state index in [-0.39, 0.29) is 5.91 Å². The number of aromatic nitrogens is 1. The van der Waals surface area contributed by atoms with Gasteiger partial charge in [0.2, 0.25) is 5.89 Å². The molecule has 2 heterocycles. The largest absolute Gasteiger partial charge is 0.496 e. The number of nitrogens with zero attached hydrogens (tertiary/aromatic N) is 3. The Morgan fingerprint density at radius 2 is 1.79 bits per heavy atom. The number of para-hydroxylation sites is 1. The third kappa shape index (κ3) is 5.10. The standard InChI is InChI=1S/C26H30N4O3/c1-32-24-8-3-2-5-21(24)16-29-11-13-30(14-12-29)17-25-28-23(18-33-25)26(31)27-22-10-9-19-6-4-7-20(19)15-22/h2-3,5,8-10,15,18H,4,6-7,11-14,16-17H2,1H3,(H,27,31). The number of nitrogens with one attached hydrogen (secondary N) is 1. The summed E-state index contributed by atoms with van der Waals surface area (Å²) in [7, 11) is 1.72. The number of ether oxygens (including phenoxy) is 1. The number of oxazole rings is 1. The van der Waals surface area contributed by atoms with E-state index < -0.39 is 0 Å². The van der Waals surface area contributed by atoms with E-state index in [1.807, 2.05) is 18.2 Å². The Balaban J connectivity index is 1.12. The molecule has 5 rings (SSSR count). The molecular weight excluding hydrogens is 416 g/mol. The topological polar surface area (TPSA) is 70.8 Å². The van der Waals surface area contributed by atoms with Crippen LogP contribution in [-0.2, 0) is 25.9 Å². The van der Waals surface area contributed by atoms with E-state index in [0.717, 1.165) is 57.0 Å². The molecule has 172 valence electrons. The lowest BCUT2D eigenvalue weighted by molar-refractivity contribution is 0.102. The summed E-state index contributed by atoms with van der Waals surface area (Å²) in [4.78, 5) is 21.8. The molecule has 1 N–H and O–H groups in total. The van der Waals surface area contributed by atoms with Gasteiger partial charge in [-0.3, -0.25) is 14.6 Å². The Bertz CT molecular complexity index is 1120. The smallest absolute Gasteiger partial charge is 0.277 e. The average Bonchev–Trinajstić information content (AvgIpc) is 3.50. The maximum absolute atomic E-state index is 12.6. The summed E-state index contributed by atoms with van der Waals surface area (Å²) < 4.78 is 11.1. The molecule has 1 aliphatic carbocycles. The van der Waals surface area contributed by atoms with Gasteiger partial charge in [0.25, 0.3) is 5.91 Å². The van der Waals surface area contributed by atoms with Gasteiger partial charge in [-0.05, 0) is 48.6 Å². The summed E-state index contributed by atoms with van der Waals surface area (Å²) in [6, 6.07) is 14.3. The van der Waals surface area contributed by atoms with Crippen LogP contribution >= 0.6 is 0 Å². The van der Waals surface area contributed by atoms with Gasteiger partial charge in [0.05, 0.1) is 13.7 Å². The van der Waals surface area contributed by atoms with Gasteiger partial charge in [-0.15, -0.1) is 0 Å². The molecule has 2 aromatic carbocycles. The Kier molecular flexibility index (Phi) is 6.41. The van der Waals surface area contributed by atoms with Crippen LogP contribution in [0.15, 0.2) is 53.1 Å². The SMILES string of the molecule is COc1ccccc1CN1CCN(Cc2nc(C(=O)Nc3ccc4c(c3)CCC4)co2)CC1. The number of carbonyl (C=O) groups is 1. The minimum absolute atomic E-state index is 0.232. The van der Waals surface area contributed by atoms with Gasteiger partial charge in [-0.1, -0.05) is 24.3 Å². The lowest BCUT2D eigenvalue weighted by Gasteiger charge is -2.34. The van der Waals surface area contributed by atoms with E-state index in [0.29, 0.717) is 18.1 Å². The van der Waals surface area contributed by atoms with Gasteiger partial charge in [-0.2, -0.15) is 0 Å². The van der Waals surface area contributed by atoms with Crippen molar-refractivity contribution in [2.24, 2.45) is 0 Å². The fraction of sp³-hybridized carbons (Fsp3) is 0.385. The minimum atomic E-state index is -0.232. The van der Waals surface area contributed by atoms with Crippen LogP contribution < -0.4 is 10.1 Å². The molecule has 0 unspecified atom stereocenters. The van der Waals surface area contributed by atoms with Gasteiger partial charge < -0.3 is 14.5 Å². The van der Waals surface area contributed by atoms with Gasteiger partial charge in [0, 0.05) is 44.0 Å². The third-order valence-electron chi connectivity index (χ3n) is 6.55.